The molecule has 2 heteroatoms. The number of nitrogens with two attached hydrogens (primary N) is 1. The van der Waals surface area contributed by atoms with Crippen molar-refractivity contribution >= 4 is 33.5 Å². The monoisotopic (exact) mass is 516 g/mol. The molecule has 0 saturated heterocycles. The maximum Gasteiger partial charge on any atom is 0.0540 e. The third-order valence-corrected chi connectivity index (χ3v) is 8.55. The summed E-state index contributed by atoms with van der Waals surface area (Å²) in [4.78, 5) is 2.41. The van der Waals surface area contributed by atoms with Crippen LogP contribution in [-0.4, -0.2) is 0 Å². The van der Waals surface area contributed by atoms with E-state index in [9.17, 15) is 0 Å². The second-order valence-corrected chi connectivity index (χ2v) is 11.4. The molecule has 0 spiro atoms. The van der Waals surface area contributed by atoms with Crippen LogP contribution in [0.5, 0.6) is 0 Å². The largest absolute Gasteiger partial charge is 0.399 e. The fourth-order valence-corrected chi connectivity index (χ4v) is 6.37. The molecular weight excluding hydrogens is 484 g/mol. The van der Waals surface area contributed by atoms with Crippen LogP contribution >= 0.6 is 0 Å². The second kappa shape index (κ2) is 9.14. The molecule has 0 atom stereocenters. The molecule has 0 fully saturated rings. The van der Waals surface area contributed by atoms with E-state index in [-0.39, 0.29) is 5.41 Å². The molecule has 6 aromatic rings. The summed E-state index contributed by atoms with van der Waals surface area (Å²) in [5.41, 5.74) is 19.1. The summed E-state index contributed by atoms with van der Waals surface area (Å²) >= 11 is 0. The Morgan fingerprint density at radius 1 is 0.550 bits per heavy atom. The summed E-state index contributed by atoms with van der Waals surface area (Å²) in [5.74, 6) is 0. The molecule has 0 amide bonds. The zero-order chi connectivity index (χ0) is 27.4. The standard InChI is InChI=1S/C38H32N2/c1-25-12-23-37(34-10-5-4-8-31(25)34)40(29-19-15-27(16-20-29)26-13-17-28(39)18-14-26)30-21-22-33-32-9-6-7-11-35(32)38(2,3)36(33)24-30/h4-24H,39H2,1-3H3. The maximum absolute atomic E-state index is 5.93. The molecule has 2 N–H and O–H groups in total. The van der Waals surface area contributed by atoms with Gasteiger partial charge < -0.3 is 10.6 Å². The zero-order valence-electron chi connectivity index (χ0n) is 23.1. The van der Waals surface area contributed by atoms with Gasteiger partial charge in [0.1, 0.15) is 0 Å². The summed E-state index contributed by atoms with van der Waals surface area (Å²) < 4.78 is 0. The summed E-state index contributed by atoms with van der Waals surface area (Å²) in [5, 5.41) is 2.52. The SMILES string of the molecule is Cc1ccc(N(c2ccc(-c3ccc(N)cc3)cc2)c2ccc3c(c2)C(C)(C)c2ccccc2-3)c2ccccc12. The van der Waals surface area contributed by atoms with Crippen molar-refractivity contribution in [2.24, 2.45) is 0 Å². The zero-order valence-corrected chi connectivity index (χ0v) is 23.1. The molecule has 40 heavy (non-hydrogen) atoms. The quantitative estimate of drug-likeness (QED) is 0.236. The van der Waals surface area contributed by atoms with E-state index in [1.807, 2.05) is 12.1 Å². The van der Waals surface area contributed by atoms with Crippen molar-refractivity contribution in [2.75, 3.05) is 10.6 Å². The van der Waals surface area contributed by atoms with Gasteiger partial charge in [0.05, 0.1) is 5.69 Å². The number of anilines is 4. The van der Waals surface area contributed by atoms with E-state index < -0.39 is 0 Å². The molecule has 0 heterocycles. The van der Waals surface area contributed by atoms with Crippen LogP contribution in [0.4, 0.5) is 22.7 Å². The van der Waals surface area contributed by atoms with Crippen LogP contribution in [0.3, 0.4) is 0 Å². The molecule has 1 aliphatic carbocycles. The Hall–Kier alpha value is -4.82. The van der Waals surface area contributed by atoms with E-state index >= 15 is 0 Å². The van der Waals surface area contributed by atoms with Crippen LogP contribution in [0.2, 0.25) is 0 Å². The van der Waals surface area contributed by atoms with Crippen LogP contribution in [-0.2, 0) is 5.41 Å². The summed E-state index contributed by atoms with van der Waals surface area (Å²) in [6.45, 7) is 6.87. The van der Waals surface area contributed by atoms with Gasteiger partial charge in [0, 0.05) is 27.9 Å². The van der Waals surface area contributed by atoms with E-state index in [0.29, 0.717) is 0 Å². The molecule has 0 unspecified atom stereocenters. The van der Waals surface area contributed by atoms with Gasteiger partial charge in [-0.1, -0.05) is 98.8 Å². The average Bonchev–Trinajstić information content (AvgIpc) is 3.21. The Morgan fingerprint density at radius 3 is 1.90 bits per heavy atom. The summed E-state index contributed by atoms with van der Waals surface area (Å²) in [6.07, 6.45) is 0. The molecule has 7 rings (SSSR count). The van der Waals surface area contributed by atoms with Crippen LogP contribution in [0.1, 0.15) is 30.5 Å². The van der Waals surface area contributed by atoms with Gasteiger partial charge in [-0.05, 0) is 93.7 Å². The molecule has 2 nitrogen and oxygen atoms in total. The Labute approximate surface area is 236 Å². The average molecular weight is 517 g/mol. The van der Waals surface area contributed by atoms with Crippen LogP contribution in [0.25, 0.3) is 33.0 Å². The van der Waals surface area contributed by atoms with Crippen molar-refractivity contribution in [1.29, 1.82) is 0 Å². The van der Waals surface area contributed by atoms with Crippen molar-refractivity contribution in [1.82, 2.24) is 0 Å². The van der Waals surface area contributed by atoms with E-state index in [2.05, 4.69) is 141 Å². The molecule has 1 aliphatic rings. The smallest absolute Gasteiger partial charge is 0.0540 e. The highest BCUT2D eigenvalue weighted by molar-refractivity contribution is 6.01. The fraction of sp³-hybridized carbons (Fsp3) is 0.105. The number of fused-ring (bicyclic) bond motifs is 4. The van der Waals surface area contributed by atoms with Gasteiger partial charge in [0.15, 0.2) is 0 Å². The number of nitrogen functional groups attached to an aromatic ring is 1. The topological polar surface area (TPSA) is 29.3 Å². The number of rotatable bonds is 4. The predicted octanol–water partition coefficient (Wildman–Crippen LogP) is 10.2. The Bertz CT molecular complexity index is 1880. The van der Waals surface area contributed by atoms with Crippen LogP contribution < -0.4 is 10.6 Å². The summed E-state index contributed by atoms with van der Waals surface area (Å²) in [7, 11) is 0. The predicted molar refractivity (Wildman–Crippen MR) is 171 cm³/mol. The molecule has 194 valence electrons. The third kappa shape index (κ3) is 3.79. The highest BCUT2D eigenvalue weighted by Gasteiger charge is 2.35. The van der Waals surface area contributed by atoms with Gasteiger partial charge in [-0.2, -0.15) is 0 Å². The molecule has 0 aliphatic heterocycles. The molecule has 0 saturated carbocycles. The van der Waals surface area contributed by atoms with Crippen molar-refractivity contribution in [3.8, 4) is 22.3 Å². The van der Waals surface area contributed by atoms with Gasteiger partial charge in [-0.25, -0.2) is 0 Å². The van der Waals surface area contributed by atoms with E-state index in [4.69, 9.17) is 5.73 Å². The highest BCUT2D eigenvalue weighted by atomic mass is 15.1. The lowest BCUT2D eigenvalue weighted by molar-refractivity contribution is 0.660. The van der Waals surface area contributed by atoms with Gasteiger partial charge in [0.2, 0.25) is 0 Å². The minimum atomic E-state index is -0.0675. The third-order valence-electron chi connectivity index (χ3n) is 8.55. The van der Waals surface area contributed by atoms with Gasteiger partial charge in [-0.3, -0.25) is 0 Å². The van der Waals surface area contributed by atoms with Crippen molar-refractivity contribution < 1.29 is 0 Å². The van der Waals surface area contributed by atoms with Crippen LogP contribution in [0, 0.1) is 6.92 Å². The Kier molecular flexibility index (Phi) is 5.54. The lowest BCUT2D eigenvalue weighted by Crippen LogP contribution is -2.16. The van der Waals surface area contributed by atoms with Crippen molar-refractivity contribution in [3.63, 3.8) is 0 Å². The second-order valence-electron chi connectivity index (χ2n) is 11.4. The van der Waals surface area contributed by atoms with E-state index in [1.54, 1.807) is 0 Å². The molecule has 6 aromatic carbocycles. The minimum absolute atomic E-state index is 0.0675. The van der Waals surface area contributed by atoms with E-state index in [1.165, 1.54) is 49.8 Å². The molecule has 0 radical (unpaired) electrons. The first-order valence-corrected chi connectivity index (χ1v) is 13.9. The van der Waals surface area contributed by atoms with Crippen molar-refractivity contribution in [2.45, 2.75) is 26.2 Å². The molecular formula is C38H32N2. The first-order chi connectivity index (χ1) is 19.4. The van der Waals surface area contributed by atoms with Crippen molar-refractivity contribution in [3.05, 3.63) is 144 Å². The Balaban J connectivity index is 1.42. The molecule has 0 aromatic heterocycles. The van der Waals surface area contributed by atoms with Crippen LogP contribution in [0.15, 0.2) is 127 Å². The number of nitrogens with zero attached hydrogens (tertiary/aromatic N) is 1. The normalized spacial score (nSPS) is 13.2. The minimum Gasteiger partial charge on any atom is -0.399 e. The number of benzene rings is 6. The number of hydrogen-bond acceptors (Lipinski definition) is 2. The number of aryl methyl sites for hydroxylation is 1. The first kappa shape index (κ1) is 24.2. The summed E-state index contributed by atoms with van der Waals surface area (Å²) in [6, 6.07) is 46.0. The maximum atomic E-state index is 5.93. The Morgan fingerprint density at radius 2 is 1.15 bits per heavy atom. The molecule has 0 bridgehead atoms. The van der Waals surface area contributed by atoms with Gasteiger partial charge in [-0.15, -0.1) is 0 Å². The fourth-order valence-electron chi connectivity index (χ4n) is 6.37. The first-order valence-electron chi connectivity index (χ1n) is 13.9. The van der Waals surface area contributed by atoms with Gasteiger partial charge >= 0.3 is 0 Å². The van der Waals surface area contributed by atoms with Gasteiger partial charge in [0.25, 0.3) is 0 Å². The highest BCUT2D eigenvalue weighted by Crippen LogP contribution is 2.51. The van der Waals surface area contributed by atoms with E-state index in [0.717, 1.165) is 22.6 Å². The number of hydrogen-bond donors (Lipinski definition) is 1. The lowest BCUT2D eigenvalue weighted by atomic mass is 9.82. The lowest BCUT2D eigenvalue weighted by Gasteiger charge is -2.29.